The van der Waals surface area contributed by atoms with Crippen molar-refractivity contribution < 1.29 is 9.21 Å². The SMILES string of the molecule is CCc1cc(=O)[nH]c2nnc(SCC(=O)NCc3ccco3)n12. The third kappa shape index (κ3) is 3.45. The summed E-state index contributed by atoms with van der Waals surface area (Å²) >= 11 is 1.26. The van der Waals surface area contributed by atoms with Crippen LogP contribution in [0.5, 0.6) is 0 Å². The number of aryl methyl sites for hydroxylation is 1. The topological polar surface area (TPSA) is 105 Å². The van der Waals surface area contributed by atoms with Crippen LogP contribution in [-0.4, -0.2) is 31.2 Å². The van der Waals surface area contributed by atoms with Crippen molar-refractivity contribution in [3.05, 3.63) is 46.3 Å². The maximum atomic E-state index is 11.9. The molecule has 0 aliphatic heterocycles. The number of rotatable bonds is 6. The quantitative estimate of drug-likeness (QED) is 0.652. The Labute approximate surface area is 135 Å². The molecular formula is C14H15N5O3S. The molecule has 0 aliphatic carbocycles. The van der Waals surface area contributed by atoms with Crippen molar-refractivity contribution in [3.8, 4) is 0 Å². The highest BCUT2D eigenvalue weighted by molar-refractivity contribution is 7.99. The molecule has 23 heavy (non-hydrogen) atoms. The largest absolute Gasteiger partial charge is 0.467 e. The van der Waals surface area contributed by atoms with Crippen LogP contribution in [0.3, 0.4) is 0 Å². The number of H-pyrrole nitrogens is 1. The van der Waals surface area contributed by atoms with Crippen LogP contribution in [0.1, 0.15) is 18.4 Å². The zero-order chi connectivity index (χ0) is 16.2. The van der Waals surface area contributed by atoms with Crippen LogP contribution < -0.4 is 10.9 Å². The maximum absolute atomic E-state index is 11.9. The van der Waals surface area contributed by atoms with Crippen LogP contribution in [0.4, 0.5) is 0 Å². The number of amides is 1. The van der Waals surface area contributed by atoms with Crippen LogP contribution in [0.15, 0.2) is 38.8 Å². The van der Waals surface area contributed by atoms with Gasteiger partial charge in [0.05, 0.1) is 18.6 Å². The fourth-order valence-corrected chi connectivity index (χ4v) is 2.90. The molecule has 2 N–H and O–H groups in total. The van der Waals surface area contributed by atoms with Crippen molar-refractivity contribution in [2.45, 2.75) is 25.0 Å². The van der Waals surface area contributed by atoms with Crippen LogP contribution in [0.2, 0.25) is 0 Å². The van der Waals surface area contributed by atoms with E-state index < -0.39 is 0 Å². The van der Waals surface area contributed by atoms with Gasteiger partial charge in [0.2, 0.25) is 11.7 Å². The van der Waals surface area contributed by atoms with Crippen LogP contribution >= 0.6 is 11.8 Å². The van der Waals surface area contributed by atoms with Gasteiger partial charge >= 0.3 is 0 Å². The van der Waals surface area contributed by atoms with Gasteiger partial charge in [-0.05, 0) is 18.6 Å². The van der Waals surface area contributed by atoms with Gasteiger partial charge in [-0.3, -0.25) is 19.0 Å². The first-order valence-electron chi connectivity index (χ1n) is 7.06. The summed E-state index contributed by atoms with van der Waals surface area (Å²) in [6.45, 7) is 2.29. The first-order valence-corrected chi connectivity index (χ1v) is 8.05. The van der Waals surface area contributed by atoms with E-state index in [1.807, 2.05) is 6.92 Å². The summed E-state index contributed by atoms with van der Waals surface area (Å²) in [5, 5.41) is 11.3. The van der Waals surface area contributed by atoms with Gasteiger partial charge in [-0.2, -0.15) is 0 Å². The molecule has 3 aromatic rings. The molecule has 0 aromatic carbocycles. The number of furan rings is 1. The molecule has 0 bridgehead atoms. The summed E-state index contributed by atoms with van der Waals surface area (Å²) in [5.74, 6) is 1.14. The molecule has 3 heterocycles. The van der Waals surface area contributed by atoms with E-state index >= 15 is 0 Å². The smallest absolute Gasteiger partial charge is 0.252 e. The Kier molecular flexibility index (Phi) is 4.47. The monoisotopic (exact) mass is 333 g/mol. The normalized spacial score (nSPS) is 11.0. The van der Waals surface area contributed by atoms with Gasteiger partial charge < -0.3 is 9.73 Å². The Hall–Kier alpha value is -2.55. The van der Waals surface area contributed by atoms with E-state index in [-0.39, 0.29) is 17.2 Å². The number of nitrogens with one attached hydrogen (secondary N) is 2. The molecule has 0 aliphatic rings. The lowest BCUT2D eigenvalue weighted by atomic mass is 10.3. The van der Waals surface area contributed by atoms with Gasteiger partial charge in [-0.25, -0.2) is 0 Å². The van der Waals surface area contributed by atoms with Gasteiger partial charge in [0, 0.05) is 11.8 Å². The Bertz CT molecular complexity index is 868. The summed E-state index contributed by atoms with van der Waals surface area (Å²) in [6, 6.07) is 5.08. The first-order chi connectivity index (χ1) is 11.2. The van der Waals surface area contributed by atoms with Crippen molar-refractivity contribution in [1.82, 2.24) is 24.9 Å². The molecule has 9 heteroatoms. The number of hydrogen-bond acceptors (Lipinski definition) is 6. The predicted octanol–water partition coefficient (Wildman–Crippen LogP) is 0.981. The highest BCUT2D eigenvalue weighted by atomic mass is 32.2. The second-order valence-corrected chi connectivity index (χ2v) is 5.71. The number of thioether (sulfide) groups is 1. The second kappa shape index (κ2) is 6.69. The fraction of sp³-hybridized carbons (Fsp3) is 0.286. The first kappa shape index (κ1) is 15.3. The summed E-state index contributed by atoms with van der Waals surface area (Å²) < 4.78 is 6.91. The highest BCUT2D eigenvalue weighted by Gasteiger charge is 2.13. The third-order valence-electron chi connectivity index (χ3n) is 3.19. The lowest BCUT2D eigenvalue weighted by Crippen LogP contribution is -2.24. The number of nitrogens with zero attached hydrogens (tertiary/aromatic N) is 3. The van der Waals surface area contributed by atoms with E-state index in [0.29, 0.717) is 29.7 Å². The van der Waals surface area contributed by atoms with Crippen molar-refractivity contribution in [1.29, 1.82) is 0 Å². The lowest BCUT2D eigenvalue weighted by molar-refractivity contribution is -0.118. The average Bonchev–Trinajstić information content (AvgIpc) is 3.19. The highest BCUT2D eigenvalue weighted by Crippen LogP contribution is 2.17. The number of aromatic amines is 1. The minimum atomic E-state index is -0.213. The molecule has 1 amide bonds. The van der Waals surface area contributed by atoms with Gasteiger partial charge in [-0.15, -0.1) is 10.2 Å². The average molecular weight is 333 g/mol. The number of fused-ring (bicyclic) bond motifs is 1. The van der Waals surface area contributed by atoms with E-state index in [0.717, 1.165) is 5.69 Å². The van der Waals surface area contributed by atoms with Gasteiger partial charge in [0.1, 0.15) is 5.76 Å². The van der Waals surface area contributed by atoms with E-state index in [1.54, 1.807) is 22.8 Å². The molecule has 8 nitrogen and oxygen atoms in total. The summed E-state index contributed by atoms with van der Waals surface area (Å²) in [6.07, 6.45) is 2.22. The summed E-state index contributed by atoms with van der Waals surface area (Å²) in [7, 11) is 0. The number of carbonyl (C=O) groups is 1. The van der Waals surface area contributed by atoms with Crippen LogP contribution in [0, 0.1) is 0 Å². The number of carbonyl (C=O) groups excluding carboxylic acids is 1. The molecule has 0 unspecified atom stereocenters. The number of hydrogen-bond donors (Lipinski definition) is 2. The Morgan fingerprint density at radius 1 is 1.48 bits per heavy atom. The van der Waals surface area contributed by atoms with Crippen LogP contribution in [0.25, 0.3) is 5.78 Å². The molecule has 0 spiro atoms. The molecule has 0 radical (unpaired) electrons. The van der Waals surface area contributed by atoms with Gasteiger partial charge in [0.15, 0.2) is 5.16 Å². The molecule has 0 fully saturated rings. The van der Waals surface area contributed by atoms with Gasteiger partial charge in [0.25, 0.3) is 5.56 Å². The Morgan fingerprint density at radius 3 is 3.09 bits per heavy atom. The molecule has 3 rings (SSSR count). The van der Waals surface area contributed by atoms with E-state index in [1.165, 1.54) is 17.8 Å². The molecule has 0 saturated carbocycles. The summed E-state index contributed by atoms with van der Waals surface area (Å²) in [4.78, 5) is 26.0. The van der Waals surface area contributed by atoms with E-state index in [2.05, 4.69) is 20.5 Å². The van der Waals surface area contributed by atoms with Crippen LogP contribution in [-0.2, 0) is 17.8 Å². The minimum Gasteiger partial charge on any atom is -0.467 e. The van der Waals surface area contributed by atoms with E-state index in [4.69, 9.17) is 4.42 Å². The molecular weight excluding hydrogens is 318 g/mol. The molecule has 3 aromatic heterocycles. The van der Waals surface area contributed by atoms with Crippen molar-refractivity contribution >= 4 is 23.4 Å². The zero-order valence-electron chi connectivity index (χ0n) is 12.4. The minimum absolute atomic E-state index is 0.134. The Morgan fingerprint density at radius 2 is 2.35 bits per heavy atom. The molecule has 0 saturated heterocycles. The second-order valence-electron chi connectivity index (χ2n) is 4.76. The van der Waals surface area contributed by atoms with Crippen molar-refractivity contribution in [3.63, 3.8) is 0 Å². The van der Waals surface area contributed by atoms with Gasteiger partial charge in [-0.1, -0.05) is 18.7 Å². The maximum Gasteiger partial charge on any atom is 0.252 e. The lowest BCUT2D eigenvalue weighted by Gasteiger charge is -2.05. The predicted molar refractivity (Wildman–Crippen MR) is 84.3 cm³/mol. The van der Waals surface area contributed by atoms with E-state index in [9.17, 15) is 9.59 Å². The fourth-order valence-electron chi connectivity index (χ4n) is 2.11. The van der Waals surface area contributed by atoms with Crippen molar-refractivity contribution in [2.75, 3.05) is 5.75 Å². The summed E-state index contributed by atoms with van der Waals surface area (Å²) in [5.41, 5.74) is 0.585. The van der Waals surface area contributed by atoms with Crippen molar-refractivity contribution in [2.24, 2.45) is 0 Å². The third-order valence-corrected chi connectivity index (χ3v) is 4.12. The molecule has 0 atom stereocenters. The standard InChI is InChI=1S/C14H15N5O3S/c1-2-9-6-11(20)16-13-17-18-14(19(9)13)23-8-12(21)15-7-10-4-3-5-22-10/h3-6H,2,7-8H2,1H3,(H,15,21)(H,16,17,20). The molecule has 120 valence electrons. The number of aromatic nitrogens is 4. The zero-order valence-corrected chi connectivity index (χ0v) is 13.2. The Balaban J connectivity index is 1.67.